The third-order valence-corrected chi connectivity index (χ3v) is 5.48. The van der Waals surface area contributed by atoms with E-state index in [1.165, 1.54) is 24.1 Å². The molecule has 2 heterocycles. The van der Waals surface area contributed by atoms with Gasteiger partial charge in [-0.1, -0.05) is 18.2 Å². The summed E-state index contributed by atoms with van der Waals surface area (Å²) in [5.41, 5.74) is 5.29. The van der Waals surface area contributed by atoms with Crippen LogP contribution in [0.4, 0.5) is 0 Å². The molecule has 0 atom stereocenters. The van der Waals surface area contributed by atoms with Crippen molar-refractivity contribution in [2.24, 2.45) is 0 Å². The molecule has 1 aliphatic rings. The van der Waals surface area contributed by atoms with Crippen molar-refractivity contribution in [3.63, 3.8) is 0 Å². The van der Waals surface area contributed by atoms with Crippen LogP contribution in [0.15, 0.2) is 53.8 Å². The van der Waals surface area contributed by atoms with Gasteiger partial charge in [-0.05, 0) is 49.4 Å². The number of aromatic nitrogens is 3. The molecule has 5 heteroatoms. The molecule has 0 amide bonds. The molecular weight excluding hydrogens is 328 g/mol. The fraction of sp³-hybridized carbons (Fsp3) is 0.250. The van der Waals surface area contributed by atoms with Gasteiger partial charge >= 0.3 is 0 Å². The minimum Gasteiger partial charge on any atom is -0.245 e. The van der Waals surface area contributed by atoms with Crippen LogP contribution in [-0.4, -0.2) is 14.8 Å². The maximum Gasteiger partial charge on any atom is 0.114 e. The van der Waals surface area contributed by atoms with Crippen LogP contribution in [-0.2, 0) is 18.6 Å². The predicted octanol–water partition coefficient (Wildman–Crippen LogP) is 4.31. The van der Waals surface area contributed by atoms with E-state index in [0.29, 0.717) is 5.56 Å². The molecule has 0 radical (unpaired) electrons. The molecule has 0 unspecified atom stereocenters. The zero-order valence-electron chi connectivity index (χ0n) is 13.9. The van der Waals surface area contributed by atoms with E-state index in [-0.39, 0.29) is 0 Å². The molecule has 4 nitrogen and oxygen atoms in total. The molecule has 0 saturated carbocycles. The number of rotatable bonds is 4. The van der Waals surface area contributed by atoms with Crippen LogP contribution < -0.4 is 0 Å². The lowest BCUT2D eigenvalue weighted by Gasteiger charge is -2.16. The number of hydrogen-bond acceptors (Lipinski definition) is 4. The summed E-state index contributed by atoms with van der Waals surface area (Å²) in [4.78, 5) is 4.78. The number of benzene rings is 1. The maximum atomic E-state index is 9.45. The topological polar surface area (TPSA) is 54.5 Å². The first-order valence-corrected chi connectivity index (χ1v) is 9.47. The standard InChI is InChI=1S/C20H18N4S/c21-11-17-10-16-6-4-5-9-19(16)23-20(17)25-14-15-12-22-24(13-15)18-7-2-1-3-8-18/h1-3,7-8,10,12-13H,4-6,9,14H2. The van der Waals surface area contributed by atoms with Crippen LogP contribution in [0.2, 0.25) is 0 Å². The highest BCUT2D eigenvalue weighted by molar-refractivity contribution is 7.98. The molecular formula is C20H18N4S. The van der Waals surface area contributed by atoms with Crippen molar-refractivity contribution < 1.29 is 0 Å². The average Bonchev–Trinajstić information content (AvgIpc) is 3.15. The van der Waals surface area contributed by atoms with E-state index in [0.717, 1.165) is 34.9 Å². The molecule has 25 heavy (non-hydrogen) atoms. The van der Waals surface area contributed by atoms with Crippen LogP contribution in [0, 0.1) is 11.3 Å². The Labute approximate surface area is 151 Å². The van der Waals surface area contributed by atoms with Crippen LogP contribution in [0.1, 0.15) is 35.2 Å². The van der Waals surface area contributed by atoms with E-state index in [1.807, 2.05) is 53.5 Å². The van der Waals surface area contributed by atoms with Gasteiger partial charge in [-0.3, -0.25) is 0 Å². The van der Waals surface area contributed by atoms with Gasteiger partial charge in [-0.25, -0.2) is 9.67 Å². The first-order chi connectivity index (χ1) is 12.3. The molecule has 1 aliphatic carbocycles. The number of pyridine rings is 1. The SMILES string of the molecule is N#Cc1cc2c(nc1SCc1cnn(-c3ccccc3)c1)CCCC2. The highest BCUT2D eigenvalue weighted by atomic mass is 32.2. The van der Waals surface area contributed by atoms with Crippen LogP contribution in [0.3, 0.4) is 0 Å². The Bertz CT molecular complexity index is 925. The number of fused-ring (bicyclic) bond motifs is 1. The lowest BCUT2D eigenvalue weighted by Crippen LogP contribution is -2.07. The molecule has 2 aromatic heterocycles. The Morgan fingerprint density at radius 1 is 1.16 bits per heavy atom. The smallest absolute Gasteiger partial charge is 0.114 e. The van der Waals surface area contributed by atoms with Gasteiger partial charge in [0, 0.05) is 23.2 Å². The van der Waals surface area contributed by atoms with Crippen LogP contribution >= 0.6 is 11.8 Å². The van der Waals surface area contributed by atoms with Crippen molar-refractivity contribution in [1.29, 1.82) is 5.26 Å². The van der Waals surface area contributed by atoms with E-state index in [1.54, 1.807) is 11.8 Å². The van der Waals surface area contributed by atoms with Crippen molar-refractivity contribution >= 4 is 11.8 Å². The van der Waals surface area contributed by atoms with Crippen molar-refractivity contribution in [2.45, 2.75) is 36.5 Å². The predicted molar refractivity (Wildman–Crippen MR) is 98.7 cm³/mol. The van der Waals surface area contributed by atoms with Gasteiger partial charge in [0.15, 0.2) is 0 Å². The second kappa shape index (κ2) is 7.12. The third kappa shape index (κ3) is 3.45. The summed E-state index contributed by atoms with van der Waals surface area (Å²) in [6.45, 7) is 0. The fourth-order valence-corrected chi connectivity index (χ4v) is 4.00. The Morgan fingerprint density at radius 2 is 2.00 bits per heavy atom. The lowest BCUT2D eigenvalue weighted by molar-refractivity contribution is 0.660. The Hall–Kier alpha value is -2.58. The number of para-hydroxylation sites is 1. The number of aryl methyl sites for hydroxylation is 2. The van der Waals surface area contributed by atoms with Gasteiger partial charge in [0.2, 0.25) is 0 Å². The number of nitriles is 1. The Kier molecular flexibility index (Phi) is 4.53. The highest BCUT2D eigenvalue weighted by Gasteiger charge is 2.15. The quantitative estimate of drug-likeness (QED) is 0.661. The van der Waals surface area contributed by atoms with Gasteiger partial charge in [0.05, 0.1) is 17.4 Å². The molecule has 4 rings (SSSR count). The minimum atomic E-state index is 0.695. The summed E-state index contributed by atoms with van der Waals surface area (Å²) in [5.74, 6) is 0.757. The van der Waals surface area contributed by atoms with Crippen LogP contribution in [0.5, 0.6) is 0 Å². The molecule has 0 bridgehead atoms. The maximum absolute atomic E-state index is 9.45. The molecule has 0 aliphatic heterocycles. The molecule has 3 aromatic rings. The van der Waals surface area contributed by atoms with Crippen molar-refractivity contribution in [3.8, 4) is 11.8 Å². The normalized spacial score (nSPS) is 13.2. The summed E-state index contributed by atoms with van der Waals surface area (Å²) in [7, 11) is 0. The zero-order valence-corrected chi connectivity index (χ0v) is 14.7. The van der Waals surface area contributed by atoms with Gasteiger partial charge in [-0.2, -0.15) is 10.4 Å². The van der Waals surface area contributed by atoms with E-state index < -0.39 is 0 Å². The van der Waals surface area contributed by atoms with Crippen molar-refractivity contribution in [2.75, 3.05) is 0 Å². The molecule has 0 N–H and O–H groups in total. The summed E-state index contributed by atoms with van der Waals surface area (Å²) in [5, 5.41) is 14.7. The van der Waals surface area contributed by atoms with E-state index in [9.17, 15) is 5.26 Å². The Balaban J connectivity index is 1.52. The van der Waals surface area contributed by atoms with Crippen molar-refractivity contribution in [3.05, 3.63) is 71.2 Å². The van der Waals surface area contributed by atoms with Gasteiger partial charge < -0.3 is 0 Å². The third-order valence-electron chi connectivity index (χ3n) is 4.42. The monoisotopic (exact) mass is 346 g/mol. The zero-order chi connectivity index (χ0) is 17.1. The summed E-state index contributed by atoms with van der Waals surface area (Å²) < 4.78 is 1.88. The average molecular weight is 346 g/mol. The van der Waals surface area contributed by atoms with Crippen LogP contribution in [0.25, 0.3) is 5.69 Å². The summed E-state index contributed by atoms with van der Waals surface area (Å²) >= 11 is 1.62. The lowest BCUT2D eigenvalue weighted by atomic mass is 9.95. The summed E-state index contributed by atoms with van der Waals surface area (Å²) in [6.07, 6.45) is 8.38. The van der Waals surface area contributed by atoms with E-state index in [4.69, 9.17) is 4.98 Å². The Morgan fingerprint density at radius 3 is 2.84 bits per heavy atom. The second-order valence-corrected chi connectivity index (χ2v) is 7.15. The first-order valence-electron chi connectivity index (χ1n) is 8.48. The fourth-order valence-electron chi connectivity index (χ4n) is 3.11. The largest absolute Gasteiger partial charge is 0.245 e. The van der Waals surface area contributed by atoms with E-state index in [2.05, 4.69) is 11.2 Å². The van der Waals surface area contributed by atoms with E-state index >= 15 is 0 Å². The van der Waals surface area contributed by atoms with Gasteiger partial charge in [0.25, 0.3) is 0 Å². The highest BCUT2D eigenvalue weighted by Crippen LogP contribution is 2.29. The van der Waals surface area contributed by atoms with Crippen molar-refractivity contribution in [1.82, 2.24) is 14.8 Å². The second-order valence-electron chi connectivity index (χ2n) is 6.18. The number of nitrogens with zero attached hydrogens (tertiary/aromatic N) is 4. The number of hydrogen-bond donors (Lipinski definition) is 0. The first kappa shape index (κ1) is 15.9. The summed E-state index contributed by atoms with van der Waals surface area (Å²) in [6, 6.07) is 14.4. The van der Waals surface area contributed by atoms with Gasteiger partial charge in [0.1, 0.15) is 11.1 Å². The number of thioether (sulfide) groups is 1. The molecule has 0 saturated heterocycles. The molecule has 1 aromatic carbocycles. The molecule has 0 fully saturated rings. The molecule has 124 valence electrons. The van der Waals surface area contributed by atoms with Gasteiger partial charge in [-0.15, -0.1) is 11.8 Å². The molecule has 0 spiro atoms. The minimum absolute atomic E-state index is 0.695.